The maximum atomic E-state index is 9.22. The predicted octanol–water partition coefficient (Wildman–Crippen LogP) is 1.26. The third kappa shape index (κ3) is 3.95. The summed E-state index contributed by atoms with van der Waals surface area (Å²) >= 11 is 0. The molecular formula is C11H23NO2. The first-order valence-electron chi connectivity index (χ1n) is 5.47. The van der Waals surface area contributed by atoms with E-state index in [4.69, 9.17) is 4.74 Å². The van der Waals surface area contributed by atoms with E-state index in [1.54, 1.807) is 0 Å². The van der Waals surface area contributed by atoms with Crippen molar-refractivity contribution in [2.75, 3.05) is 19.6 Å². The van der Waals surface area contributed by atoms with E-state index >= 15 is 0 Å². The molecule has 3 nitrogen and oxygen atoms in total. The zero-order valence-electron chi connectivity index (χ0n) is 9.79. The van der Waals surface area contributed by atoms with Gasteiger partial charge in [0.1, 0.15) is 0 Å². The average Bonchev–Trinajstić information content (AvgIpc) is 1.96. The van der Waals surface area contributed by atoms with Crippen molar-refractivity contribution in [3.8, 4) is 0 Å². The smallest absolute Gasteiger partial charge is 0.0757 e. The van der Waals surface area contributed by atoms with Crippen molar-refractivity contribution in [1.29, 1.82) is 0 Å². The van der Waals surface area contributed by atoms with Crippen molar-refractivity contribution < 1.29 is 9.84 Å². The van der Waals surface area contributed by atoms with Crippen LogP contribution in [0.3, 0.4) is 0 Å². The molecular weight excluding hydrogens is 178 g/mol. The van der Waals surface area contributed by atoms with Crippen molar-refractivity contribution in [3.63, 3.8) is 0 Å². The van der Waals surface area contributed by atoms with E-state index in [1.807, 2.05) is 6.92 Å². The van der Waals surface area contributed by atoms with Gasteiger partial charge in [-0.05, 0) is 34.1 Å². The molecule has 0 spiro atoms. The standard InChI is InChI=1S/C11H23NO2/c1-9(13)5-6-12-7-10(2)14-11(3,4)8-12/h9-10,13H,5-8H2,1-4H3. The molecule has 0 aromatic rings. The largest absolute Gasteiger partial charge is 0.393 e. The lowest BCUT2D eigenvalue weighted by atomic mass is 10.1. The van der Waals surface area contributed by atoms with Gasteiger partial charge in [-0.25, -0.2) is 0 Å². The molecule has 0 bridgehead atoms. The van der Waals surface area contributed by atoms with Gasteiger partial charge in [0.05, 0.1) is 17.8 Å². The SMILES string of the molecule is CC(O)CCN1CC(C)OC(C)(C)C1. The molecule has 1 rings (SSSR count). The Morgan fingerprint density at radius 2 is 2.21 bits per heavy atom. The molecule has 1 saturated heterocycles. The molecule has 84 valence electrons. The Kier molecular flexibility index (Phi) is 3.93. The molecule has 1 N–H and O–H groups in total. The van der Waals surface area contributed by atoms with Gasteiger partial charge in [-0.2, -0.15) is 0 Å². The second kappa shape index (κ2) is 4.60. The number of rotatable bonds is 3. The van der Waals surface area contributed by atoms with Crippen LogP contribution in [0.5, 0.6) is 0 Å². The number of aliphatic hydroxyl groups is 1. The highest BCUT2D eigenvalue weighted by atomic mass is 16.5. The van der Waals surface area contributed by atoms with Gasteiger partial charge in [0.25, 0.3) is 0 Å². The summed E-state index contributed by atoms with van der Waals surface area (Å²) in [6, 6.07) is 0. The normalized spacial score (nSPS) is 30.2. The van der Waals surface area contributed by atoms with Crippen LogP contribution in [-0.4, -0.2) is 47.4 Å². The zero-order valence-corrected chi connectivity index (χ0v) is 9.79. The van der Waals surface area contributed by atoms with Crippen LogP contribution in [0.4, 0.5) is 0 Å². The first kappa shape index (κ1) is 12.0. The van der Waals surface area contributed by atoms with Gasteiger partial charge < -0.3 is 9.84 Å². The number of aliphatic hydroxyl groups excluding tert-OH is 1. The van der Waals surface area contributed by atoms with Gasteiger partial charge in [-0.3, -0.25) is 4.90 Å². The van der Waals surface area contributed by atoms with Crippen LogP contribution in [0.15, 0.2) is 0 Å². The van der Waals surface area contributed by atoms with Gasteiger partial charge in [0.15, 0.2) is 0 Å². The maximum absolute atomic E-state index is 9.22. The molecule has 3 heteroatoms. The fourth-order valence-corrected chi connectivity index (χ4v) is 2.13. The topological polar surface area (TPSA) is 32.7 Å². The molecule has 0 aromatic carbocycles. The van der Waals surface area contributed by atoms with Gasteiger partial charge in [-0.1, -0.05) is 0 Å². The van der Waals surface area contributed by atoms with Crippen LogP contribution in [0.2, 0.25) is 0 Å². The summed E-state index contributed by atoms with van der Waals surface area (Å²) in [4.78, 5) is 2.38. The van der Waals surface area contributed by atoms with Crippen LogP contribution < -0.4 is 0 Å². The van der Waals surface area contributed by atoms with Crippen LogP contribution >= 0.6 is 0 Å². The number of ether oxygens (including phenoxy) is 1. The molecule has 1 aliphatic rings. The van der Waals surface area contributed by atoms with Crippen molar-refractivity contribution in [3.05, 3.63) is 0 Å². The molecule has 0 saturated carbocycles. The van der Waals surface area contributed by atoms with E-state index in [-0.39, 0.29) is 11.7 Å². The number of morpholine rings is 1. The third-order valence-corrected chi connectivity index (χ3v) is 2.50. The Hall–Kier alpha value is -0.120. The molecule has 0 amide bonds. The predicted molar refractivity (Wildman–Crippen MR) is 57.4 cm³/mol. The van der Waals surface area contributed by atoms with Gasteiger partial charge in [-0.15, -0.1) is 0 Å². The monoisotopic (exact) mass is 201 g/mol. The quantitative estimate of drug-likeness (QED) is 0.746. The van der Waals surface area contributed by atoms with Crippen molar-refractivity contribution in [2.24, 2.45) is 0 Å². The van der Waals surface area contributed by atoms with Gasteiger partial charge >= 0.3 is 0 Å². The Labute approximate surface area is 87.1 Å². The summed E-state index contributed by atoms with van der Waals surface area (Å²) in [5, 5.41) is 9.22. The van der Waals surface area contributed by atoms with E-state index in [2.05, 4.69) is 25.7 Å². The summed E-state index contributed by atoms with van der Waals surface area (Å²) < 4.78 is 5.81. The molecule has 1 aliphatic heterocycles. The van der Waals surface area contributed by atoms with Gasteiger partial charge in [0.2, 0.25) is 0 Å². The summed E-state index contributed by atoms with van der Waals surface area (Å²) in [6.45, 7) is 11.1. The summed E-state index contributed by atoms with van der Waals surface area (Å²) in [5.74, 6) is 0. The minimum atomic E-state index is -0.198. The first-order chi connectivity index (χ1) is 6.39. The Bertz CT molecular complexity index is 180. The van der Waals surface area contributed by atoms with Crippen molar-refractivity contribution in [2.45, 2.75) is 51.9 Å². The highest BCUT2D eigenvalue weighted by molar-refractivity contribution is 4.82. The lowest BCUT2D eigenvalue weighted by Gasteiger charge is -2.41. The summed E-state index contributed by atoms with van der Waals surface area (Å²) in [5.41, 5.74) is -0.0453. The minimum Gasteiger partial charge on any atom is -0.393 e. The Balaban J connectivity index is 2.38. The van der Waals surface area contributed by atoms with Crippen LogP contribution in [-0.2, 0) is 4.74 Å². The second-order valence-corrected chi connectivity index (χ2v) is 5.06. The van der Waals surface area contributed by atoms with Crippen LogP contribution in [0, 0.1) is 0 Å². The van der Waals surface area contributed by atoms with Crippen molar-refractivity contribution in [1.82, 2.24) is 4.90 Å². The van der Waals surface area contributed by atoms with E-state index in [1.165, 1.54) is 0 Å². The lowest BCUT2D eigenvalue weighted by Crippen LogP contribution is -2.52. The highest BCUT2D eigenvalue weighted by Gasteiger charge is 2.30. The number of nitrogens with zero attached hydrogens (tertiary/aromatic N) is 1. The first-order valence-corrected chi connectivity index (χ1v) is 5.47. The van der Waals surface area contributed by atoms with E-state index in [9.17, 15) is 5.11 Å². The molecule has 0 radical (unpaired) electrons. The van der Waals surface area contributed by atoms with Crippen LogP contribution in [0.1, 0.15) is 34.1 Å². The summed E-state index contributed by atoms with van der Waals surface area (Å²) in [7, 11) is 0. The fourth-order valence-electron chi connectivity index (χ4n) is 2.13. The Morgan fingerprint density at radius 1 is 1.57 bits per heavy atom. The lowest BCUT2D eigenvalue weighted by molar-refractivity contribution is -0.129. The van der Waals surface area contributed by atoms with E-state index in [0.29, 0.717) is 6.10 Å². The van der Waals surface area contributed by atoms with Crippen molar-refractivity contribution >= 4 is 0 Å². The fraction of sp³-hybridized carbons (Fsp3) is 1.00. The molecule has 0 aliphatic carbocycles. The Morgan fingerprint density at radius 3 is 2.71 bits per heavy atom. The van der Waals surface area contributed by atoms with E-state index in [0.717, 1.165) is 26.1 Å². The third-order valence-electron chi connectivity index (χ3n) is 2.50. The van der Waals surface area contributed by atoms with Crippen LogP contribution in [0.25, 0.3) is 0 Å². The molecule has 1 heterocycles. The number of hydrogen-bond acceptors (Lipinski definition) is 3. The van der Waals surface area contributed by atoms with Gasteiger partial charge in [0, 0.05) is 19.6 Å². The molecule has 0 aromatic heterocycles. The number of hydrogen-bond donors (Lipinski definition) is 1. The molecule has 2 atom stereocenters. The summed E-state index contributed by atoms with van der Waals surface area (Å²) in [6.07, 6.45) is 0.951. The maximum Gasteiger partial charge on any atom is 0.0757 e. The molecule has 1 fully saturated rings. The second-order valence-electron chi connectivity index (χ2n) is 5.06. The highest BCUT2D eigenvalue weighted by Crippen LogP contribution is 2.20. The molecule has 14 heavy (non-hydrogen) atoms. The molecule has 2 unspecified atom stereocenters. The average molecular weight is 201 g/mol. The van der Waals surface area contributed by atoms with E-state index < -0.39 is 0 Å². The zero-order chi connectivity index (χ0) is 10.8. The minimum absolute atomic E-state index is 0.0453.